The molecule has 0 aromatic carbocycles. The lowest BCUT2D eigenvalue weighted by Crippen LogP contribution is -2.48. The molecule has 1 heterocycles. The molecule has 108 valence electrons. The van der Waals surface area contributed by atoms with Crippen molar-refractivity contribution in [1.29, 1.82) is 0 Å². The van der Waals surface area contributed by atoms with Gasteiger partial charge in [0.05, 0.1) is 6.61 Å². The van der Waals surface area contributed by atoms with Crippen molar-refractivity contribution in [3.63, 3.8) is 0 Å². The van der Waals surface area contributed by atoms with Crippen molar-refractivity contribution >= 4 is 0 Å². The maximum Gasteiger partial charge on any atom is 0.111 e. The molecular formula is C15H27N3O. The van der Waals surface area contributed by atoms with E-state index in [1.165, 1.54) is 12.8 Å². The molecule has 2 rings (SSSR count). The third-order valence-electron chi connectivity index (χ3n) is 3.91. The van der Waals surface area contributed by atoms with Crippen molar-refractivity contribution in [3.05, 3.63) is 18.2 Å². The van der Waals surface area contributed by atoms with Gasteiger partial charge in [-0.05, 0) is 33.1 Å². The first-order chi connectivity index (χ1) is 8.95. The number of nitrogens with zero attached hydrogens (tertiary/aromatic N) is 2. The smallest absolute Gasteiger partial charge is 0.111 e. The Balaban J connectivity index is 2.05. The highest BCUT2D eigenvalue weighted by atomic mass is 16.3. The van der Waals surface area contributed by atoms with Crippen molar-refractivity contribution < 1.29 is 5.11 Å². The van der Waals surface area contributed by atoms with Crippen molar-refractivity contribution in [3.8, 4) is 0 Å². The monoisotopic (exact) mass is 265 g/mol. The SMILES string of the molecule is CC(C)c1nccn1C(C)CC(C)(CO)NC1CC1. The summed E-state index contributed by atoms with van der Waals surface area (Å²) >= 11 is 0. The van der Waals surface area contributed by atoms with Crippen LogP contribution in [0.5, 0.6) is 0 Å². The fourth-order valence-corrected chi connectivity index (χ4v) is 2.78. The zero-order valence-electron chi connectivity index (χ0n) is 12.6. The average molecular weight is 265 g/mol. The largest absolute Gasteiger partial charge is 0.394 e. The molecule has 1 aliphatic carbocycles. The van der Waals surface area contributed by atoms with E-state index in [2.05, 4.69) is 48.8 Å². The van der Waals surface area contributed by atoms with Gasteiger partial charge in [0.15, 0.2) is 0 Å². The average Bonchev–Trinajstić information content (AvgIpc) is 3.00. The number of hydrogen-bond acceptors (Lipinski definition) is 3. The van der Waals surface area contributed by atoms with E-state index >= 15 is 0 Å². The molecule has 0 saturated heterocycles. The second-order valence-corrected chi connectivity index (χ2v) is 6.54. The first kappa shape index (κ1) is 14.5. The highest BCUT2D eigenvalue weighted by molar-refractivity contribution is 5.01. The van der Waals surface area contributed by atoms with Crippen molar-refractivity contribution in [2.24, 2.45) is 0 Å². The number of aliphatic hydroxyl groups excluding tert-OH is 1. The predicted octanol–water partition coefficient (Wildman–Crippen LogP) is 2.46. The van der Waals surface area contributed by atoms with Crippen LogP contribution in [0.3, 0.4) is 0 Å². The van der Waals surface area contributed by atoms with Gasteiger partial charge in [-0.15, -0.1) is 0 Å². The highest BCUT2D eigenvalue weighted by Crippen LogP contribution is 2.28. The highest BCUT2D eigenvalue weighted by Gasteiger charge is 2.33. The fourth-order valence-electron chi connectivity index (χ4n) is 2.78. The van der Waals surface area contributed by atoms with Gasteiger partial charge in [0.25, 0.3) is 0 Å². The number of nitrogens with one attached hydrogen (secondary N) is 1. The molecule has 2 atom stereocenters. The maximum atomic E-state index is 9.70. The topological polar surface area (TPSA) is 50.1 Å². The Morgan fingerprint density at radius 2 is 2.16 bits per heavy atom. The maximum absolute atomic E-state index is 9.70. The Kier molecular flexibility index (Phi) is 4.31. The van der Waals surface area contributed by atoms with Crippen LogP contribution in [0.1, 0.15) is 64.7 Å². The van der Waals surface area contributed by atoms with Gasteiger partial charge in [0.2, 0.25) is 0 Å². The molecule has 1 aliphatic rings. The summed E-state index contributed by atoms with van der Waals surface area (Å²) in [5.74, 6) is 1.55. The lowest BCUT2D eigenvalue weighted by molar-refractivity contribution is 0.148. The molecule has 1 aromatic rings. The summed E-state index contributed by atoms with van der Waals surface area (Å²) in [6, 6.07) is 0.944. The van der Waals surface area contributed by atoms with Crippen LogP contribution in [0.15, 0.2) is 12.4 Å². The summed E-state index contributed by atoms with van der Waals surface area (Å²) in [7, 11) is 0. The Morgan fingerprint density at radius 1 is 1.47 bits per heavy atom. The van der Waals surface area contributed by atoms with E-state index in [1.807, 2.05) is 6.20 Å². The van der Waals surface area contributed by atoms with E-state index in [-0.39, 0.29) is 12.1 Å². The summed E-state index contributed by atoms with van der Waals surface area (Å²) in [6.45, 7) is 8.84. The van der Waals surface area contributed by atoms with E-state index in [1.54, 1.807) is 0 Å². The fraction of sp³-hybridized carbons (Fsp3) is 0.800. The number of imidazole rings is 1. The van der Waals surface area contributed by atoms with Gasteiger partial charge in [-0.25, -0.2) is 4.98 Å². The summed E-state index contributed by atoms with van der Waals surface area (Å²) < 4.78 is 2.24. The molecule has 0 amide bonds. The van der Waals surface area contributed by atoms with Gasteiger partial charge in [-0.3, -0.25) is 0 Å². The molecule has 0 spiro atoms. The van der Waals surface area contributed by atoms with E-state index in [4.69, 9.17) is 0 Å². The molecule has 4 heteroatoms. The Morgan fingerprint density at radius 3 is 2.68 bits per heavy atom. The van der Waals surface area contributed by atoms with Gasteiger partial charge in [-0.1, -0.05) is 13.8 Å². The zero-order chi connectivity index (χ0) is 14.0. The summed E-state index contributed by atoms with van der Waals surface area (Å²) in [5.41, 5.74) is -0.195. The van der Waals surface area contributed by atoms with E-state index in [9.17, 15) is 5.11 Å². The van der Waals surface area contributed by atoms with Gasteiger partial charge >= 0.3 is 0 Å². The van der Waals surface area contributed by atoms with Crippen LogP contribution in [-0.2, 0) is 0 Å². The van der Waals surface area contributed by atoms with Crippen LogP contribution in [0.4, 0.5) is 0 Å². The minimum atomic E-state index is -0.195. The first-order valence-electron chi connectivity index (χ1n) is 7.36. The Labute approximate surface area is 116 Å². The normalized spacial score (nSPS) is 20.5. The first-order valence-corrected chi connectivity index (χ1v) is 7.36. The predicted molar refractivity (Wildman–Crippen MR) is 77.3 cm³/mol. The standard InChI is InChI=1S/C15H27N3O/c1-11(2)14-16-7-8-18(14)12(3)9-15(4,10-19)17-13-5-6-13/h7-8,11-13,17,19H,5-6,9-10H2,1-4H3. The molecule has 1 fully saturated rings. The minimum Gasteiger partial charge on any atom is -0.394 e. The van der Waals surface area contributed by atoms with Crippen molar-refractivity contribution in [2.75, 3.05) is 6.61 Å². The van der Waals surface area contributed by atoms with Crippen LogP contribution in [0, 0.1) is 0 Å². The summed E-state index contributed by atoms with van der Waals surface area (Å²) in [6.07, 6.45) is 7.32. The molecule has 0 radical (unpaired) electrons. The minimum absolute atomic E-state index is 0.180. The van der Waals surface area contributed by atoms with Crippen molar-refractivity contribution in [1.82, 2.24) is 14.9 Å². The Hall–Kier alpha value is -0.870. The second-order valence-electron chi connectivity index (χ2n) is 6.54. The number of rotatable bonds is 7. The van der Waals surface area contributed by atoms with Crippen molar-refractivity contribution in [2.45, 2.75) is 70.5 Å². The van der Waals surface area contributed by atoms with Crippen LogP contribution in [0.25, 0.3) is 0 Å². The quantitative estimate of drug-likeness (QED) is 0.796. The van der Waals surface area contributed by atoms with Gasteiger partial charge in [0, 0.05) is 35.9 Å². The lowest BCUT2D eigenvalue weighted by atomic mass is 9.94. The van der Waals surface area contributed by atoms with Gasteiger partial charge in [0.1, 0.15) is 5.82 Å². The summed E-state index contributed by atoms with van der Waals surface area (Å²) in [4.78, 5) is 4.45. The molecular weight excluding hydrogens is 238 g/mol. The lowest BCUT2D eigenvalue weighted by Gasteiger charge is -2.33. The summed E-state index contributed by atoms with van der Waals surface area (Å²) in [5, 5.41) is 13.3. The van der Waals surface area contributed by atoms with E-state index in [0.29, 0.717) is 18.0 Å². The van der Waals surface area contributed by atoms with Crippen LogP contribution in [0.2, 0.25) is 0 Å². The van der Waals surface area contributed by atoms with Gasteiger partial charge < -0.3 is 15.0 Å². The van der Waals surface area contributed by atoms with Gasteiger partial charge in [-0.2, -0.15) is 0 Å². The molecule has 2 unspecified atom stereocenters. The molecule has 1 aromatic heterocycles. The number of aromatic nitrogens is 2. The third-order valence-corrected chi connectivity index (χ3v) is 3.91. The molecule has 4 nitrogen and oxygen atoms in total. The third kappa shape index (κ3) is 3.57. The number of aliphatic hydroxyl groups is 1. The van der Waals surface area contributed by atoms with Crippen LogP contribution >= 0.6 is 0 Å². The molecule has 2 N–H and O–H groups in total. The van der Waals surface area contributed by atoms with E-state index in [0.717, 1.165) is 12.2 Å². The van der Waals surface area contributed by atoms with Crippen LogP contribution < -0.4 is 5.32 Å². The van der Waals surface area contributed by atoms with E-state index < -0.39 is 0 Å². The molecule has 0 aliphatic heterocycles. The second kappa shape index (κ2) is 5.63. The van der Waals surface area contributed by atoms with Crippen LogP contribution in [-0.4, -0.2) is 32.8 Å². The number of hydrogen-bond donors (Lipinski definition) is 2. The molecule has 1 saturated carbocycles. The molecule has 0 bridgehead atoms. The molecule has 19 heavy (non-hydrogen) atoms. The Bertz CT molecular complexity index is 411. The zero-order valence-corrected chi connectivity index (χ0v) is 12.6.